The maximum atomic E-state index is 5.25. The summed E-state index contributed by atoms with van der Waals surface area (Å²) in [6.45, 7) is 2.35. The van der Waals surface area contributed by atoms with Crippen LogP contribution < -0.4 is 10.1 Å². The molecule has 0 saturated heterocycles. The summed E-state index contributed by atoms with van der Waals surface area (Å²) in [5.74, 6) is 1.78. The molecule has 0 atom stereocenters. The van der Waals surface area contributed by atoms with Crippen LogP contribution in [0.1, 0.15) is 32.6 Å². The van der Waals surface area contributed by atoms with Crippen LogP contribution >= 0.6 is 11.3 Å². The first kappa shape index (κ1) is 12.7. The van der Waals surface area contributed by atoms with Crippen LogP contribution in [0.4, 0.5) is 5.13 Å². The van der Waals surface area contributed by atoms with E-state index < -0.39 is 0 Å². The third kappa shape index (κ3) is 2.84. The average molecular weight is 276 g/mol. The third-order valence-electron chi connectivity index (χ3n) is 3.94. The van der Waals surface area contributed by atoms with Crippen molar-refractivity contribution in [3.63, 3.8) is 0 Å². The molecule has 3 nitrogen and oxygen atoms in total. The summed E-state index contributed by atoms with van der Waals surface area (Å²) in [6.07, 6.45) is 5.19. The van der Waals surface area contributed by atoms with Gasteiger partial charge in [0.05, 0.1) is 17.3 Å². The fourth-order valence-electron chi connectivity index (χ4n) is 2.67. The highest BCUT2D eigenvalue weighted by molar-refractivity contribution is 7.22. The maximum absolute atomic E-state index is 5.25. The second-order valence-corrected chi connectivity index (χ2v) is 6.48. The summed E-state index contributed by atoms with van der Waals surface area (Å²) in [6, 6.07) is 6.65. The quantitative estimate of drug-likeness (QED) is 0.907. The fourth-order valence-corrected chi connectivity index (χ4v) is 3.64. The smallest absolute Gasteiger partial charge is 0.184 e. The highest BCUT2D eigenvalue weighted by Gasteiger charge is 2.19. The lowest BCUT2D eigenvalue weighted by Gasteiger charge is -2.26. The Morgan fingerprint density at radius 3 is 2.79 bits per heavy atom. The van der Waals surface area contributed by atoms with Crippen molar-refractivity contribution in [3.8, 4) is 5.75 Å². The summed E-state index contributed by atoms with van der Waals surface area (Å²) >= 11 is 1.72. The number of nitrogens with zero attached hydrogens (tertiary/aromatic N) is 1. The number of anilines is 1. The van der Waals surface area contributed by atoms with E-state index in [-0.39, 0.29) is 0 Å². The molecule has 1 aromatic carbocycles. The van der Waals surface area contributed by atoms with Gasteiger partial charge in [-0.25, -0.2) is 4.98 Å². The Morgan fingerprint density at radius 1 is 1.26 bits per heavy atom. The van der Waals surface area contributed by atoms with Crippen LogP contribution in [0.25, 0.3) is 10.2 Å². The number of ether oxygens (including phenoxy) is 1. The van der Waals surface area contributed by atoms with Crippen molar-refractivity contribution in [2.24, 2.45) is 5.92 Å². The molecule has 4 heteroatoms. The topological polar surface area (TPSA) is 34.1 Å². The van der Waals surface area contributed by atoms with Gasteiger partial charge in [-0.2, -0.15) is 0 Å². The van der Waals surface area contributed by atoms with Crippen molar-refractivity contribution in [2.75, 3.05) is 12.4 Å². The van der Waals surface area contributed by atoms with Crippen LogP contribution in [0.15, 0.2) is 18.2 Å². The summed E-state index contributed by atoms with van der Waals surface area (Å²) in [4.78, 5) is 4.65. The first-order valence-corrected chi connectivity index (χ1v) is 7.77. The van der Waals surface area contributed by atoms with Gasteiger partial charge in [-0.15, -0.1) is 0 Å². The Labute approximate surface area is 118 Å². The van der Waals surface area contributed by atoms with E-state index in [0.717, 1.165) is 22.3 Å². The van der Waals surface area contributed by atoms with Gasteiger partial charge in [-0.3, -0.25) is 0 Å². The number of rotatable bonds is 3. The lowest BCUT2D eigenvalue weighted by atomic mass is 9.87. The number of hydrogen-bond donors (Lipinski definition) is 1. The highest BCUT2D eigenvalue weighted by Crippen LogP contribution is 2.32. The molecule has 1 aromatic heterocycles. The molecule has 0 spiro atoms. The van der Waals surface area contributed by atoms with Gasteiger partial charge in [0.2, 0.25) is 0 Å². The zero-order valence-corrected chi connectivity index (χ0v) is 12.3. The Morgan fingerprint density at radius 2 is 2.05 bits per heavy atom. The van der Waals surface area contributed by atoms with E-state index in [4.69, 9.17) is 4.74 Å². The third-order valence-corrected chi connectivity index (χ3v) is 4.89. The van der Waals surface area contributed by atoms with Crippen molar-refractivity contribution >= 4 is 26.7 Å². The number of benzene rings is 1. The molecule has 0 amide bonds. The van der Waals surface area contributed by atoms with E-state index in [0.29, 0.717) is 6.04 Å². The van der Waals surface area contributed by atoms with Gasteiger partial charge in [0.15, 0.2) is 5.13 Å². The first-order chi connectivity index (χ1) is 9.24. The highest BCUT2D eigenvalue weighted by atomic mass is 32.1. The molecule has 1 aliphatic rings. The van der Waals surface area contributed by atoms with Crippen molar-refractivity contribution in [1.82, 2.24) is 4.98 Å². The van der Waals surface area contributed by atoms with Gasteiger partial charge in [-0.1, -0.05) is 18.3 Å². The van der Waals surface area contributed by atoms with Gasteiger partial charge >= 0.3 is 0 Å². The van der Waals surface area contributed by atoms with Crippen molar-refractivity contribution in [3.05, 3.63) is 18.2 Å². The molecule has 1 N–H and O–H groups in total. The number of aromatic nitrogens is 1. The zero-order chi connectivity index (χ0) is 13.2. The molecule has 102 valence electrons. The average Bonchev–Trinajstić information content (AvgIpc) is 2.82. The molecule has 0 bridgehead atoms. The Kier molecular flexibility index (Phi) is 3.60. The van der Waals surface area contributed by atoms with Crippen molar-refractivity contribution in [2.45, 2.75) is 38.6 Å². The molecule has 1 aliphatic carbocycles. The zero-order valence-electron chi connectivity index (χ0n) is 11.5. The lowest BCUT2D eigenvalue weighted by molar-refractivity contribution is 0.361. The fraction of sp³-hybridized carbons (Fsp3) is 0.533. The summed E-state index contributed by atoms with van der Waals surface area (Å²) in [5.41, 5.74) is 1.05. The Balaban J connectivity index is 1.74. The second-order valence-electron chi connectivity index (χ2n) is 5.45. The Hall–Kier alpha value is -1.29. The molecule has 0 radical (unpaired) electrons. The molecule has 1 saturated carbocycles. The van der Waals surface area contributed by atoms with Crippen LogP contribution in [-0.4, -0.2) is 18.1 Å². The molecular weight excluding hydrogens is 256 g/mol. The van der Waals surface area contributed by atoms with E-state index in [1.54, 1.807) is 18.4 Å². The van der Waals surface area contributed by atoms with Crippen molar-refractivity contribution < 1.29 is 4.74 Å². The van der Waals surface area contributed by atoms with Gasteiger partial charge in [0, 0.05) is 6.04 Å². The van der Waals surface area contributed by atoms with Crippen LogP contribution in [-0.2, 0) is 0 Å². The number of fused-ring (bicyclic) bond motifs is 1. The molecule has 3 rings (SSSR count). The summed E-state index contributed by atoms with van der Waals surface area (Å²) in [7, 11) is 1.70. The minimum Gasteiger partial charge on any atom is -0.497 e. The van der Waals surface area contributed by atoms with Gasteiger partial charge < -0.3 is 10.1 Å². The van der Waals surface area contributed by atoms with Gasteiger partial charge in [0.1, 0.15) is 5.75 Å². The normalized spacial score (nSPS) is 23.5. The van der Waals surface area contributed by atoms with Crippen molar-refractivity contribution in [1.29, 1.82) is 0 Å². The summed E-state index contributed by atoms with van der Waals surface area (Å²) < 4.78 is 6.44. The minimum atomic E-state index is 0.596. The SMILES string of the molecule is COc1ccc2nc(NC3CCC(C)CC3)sc2c1. The van der Waals surface area contributed by atoms with Crippen LogP contribution in [0, 0.1) is 5.92 Å². The monoisotopic (exact) mass is 276 g/mol. The molecule has 2 aromatic rings. The lowest BCUT2D eigenvalue weighted by Crippen LogP contribution is -2.24. The van der Waals surface area contributed by atoms with Crippen LogP contribution in [0.5, 0.6) is 5.75 Å². The van der Waals surface area contributed by atoms with Crippen LogP contribution in [0.3, 0.4) is 0 Å². The van der Waals surface area contributed by atoms with E-state index in [1.165, 1.54) is 30.4 Å². The second kappa shape index (κ2) is 5.37. The number of thiazole rings is 1. The van der Waals surface area contributed by atoms with E-state index >= 15 is 0 Å². The van der Waals surface area contributed by atoms with E-state index in [9.17, 15) is 0 Å². The molecular formula is C15H20N2OS. The standard InChI is InChI=1S/C15H20N2OS/c1-10-3-5-11(6-4-10)16-15-17-13-8-7-12(18-2)9-14(13)19-15/h7-11H,3-6H2,1-2H3,(H,16,17). The minimum absolute atomic E-state index is 0.596. The number of methoxy groups -OCH3 is 1. The predicted octanol–water partition coefficient (Wildman–Crippen LogP) is 4.30. The van der Waals surface area contributed by atoms with Crippen LogP contribution in [0.2, 0.25) is 0 Å². The molecule has 1 fully saturated rings. The van der Waals surface area contributed by atoms with Gasteiger partial charge in [0.25, 0.3) is 0 Å². The molecule has 19 heavy (non-hydrogen) atoms. The predicted molar refractivity (Wildman–Crippen MR) is 81.2 cm³/mol. The van der Waals surface area contributed by atoms with Gasteiger partial charge in [-0.05, 0) is 49.8 Å². The molecule has 0 aliphatic heterocycles. The van der Waals surface area contributed by atoms with E-state index in [1.807, 2.05) is 12.1 Å². The molecule has 0 unspecified atom stereocenters. The maximum Gasteiger partial charge on any atom is 0.184 e. The van der Waals surface area contributed by atoms with E-state index in [2.05, 4.69) is 23.3 Å². The first-order valence-electron chi connectivity index (χ1n) is 6.95. The number of nitrogens with one attached hydrogen (secondary N) is 1. The number of hydrogen-bond acceptors (Lipinski definition) is 4. The summed E-state index contributed by atoms with van der Waals surface area (Å²) in [5, 5.41) is 4.64. The largest absolute Gasteiger partial charge is 0.497 e. The molecule has 1 heterocycles. The Bertz CT molecular complexity index is 558.